The zero-order valence-electron chi connectivity index (χ0n) is 12.3. The number of hydrogen-bond acceptors (Lipinski definition) is 3. The van der Waals surface area contributed by atoms with Crippen LogP contribution in [0.3, 0.4) is 0 Å². The van der Waals surface area contributed by atoms with Crippen LogP contribution in [0.25, 0.3) is 11.0 Å². The standard InChI is InChI=1S/C16H19N3O2/c1-9-7-12-13(8-10(9)2)19-16(21)14(18-12)15(20)17-11-5-3-4-6-11/h7-8,11H,3-6H2,1-2H3,(H,17,20)(H,19,21). The molecule has 0 saturated heterocycles. The Balaban J connectivity index is 1.98. The van der Waals surface area contributed by atoms with Crippen LogP contribution >= 0.6 is 0 Å². The number of aryl methyl sites for hydroxylation is 2. The molecule has 5 nitrogen and oxygen atoms in total. The van der Waals surface area contributed by atoms with Crippen LogP contribution in [0.2, 0.25) is 0 Å². The first kappa shape index (κ1) is 13.8. The molecule has 1 aromatic carbocycles. The van der Waals surface area contributed by atoms with Gasteiger partial charge in [-0.05, 0) is 49.9 Å². The van der Waals surface area contributed by atoms with Gasteiger partial charge < -0.3 is 10.3 Å². The Morgan fingerprint density at radius 2 is 1.90 bits per heavy atom. The van der Waals surface area contributed by atoms with Crippen LogP contribution in [0.5, 0.6) is 0 Å². The third-order valence-corrected chi connectivity index (χ3v) is 4.21. The number of H-pyrrole nitrogens is 1. The van der Waals surface area contributed by atoms with Crippen LogP contribution in [0.4, 0.5) is 0 Å². The molecule has 21 heavy (non-hydrogen) atoms. The third kappa shape index (κ3) is 2.68. The van der Waals surface area contributed by atoms with Crippen molar-refractivity contribution >= 4 is 16.9 Å². The summed E-state index contributed by atoms with van der Waals surface area (Å²) in [5.74, 6) is -0.372. The average molecular weight is 285 g/mol. The van der Waals surface area contributed by atoms with Crippen molar-refractivity contribution in [2.75, 3.05) is 0 Å². The summed E-state index contributed by atoms with van der Waals surface area (Å²) in [4.78, 5) is 31.3. The van der Waals surface area contributed by atoms with Crippen LogP contribution in [0.15, 0.2) is 16.9 Å². The average Bonchev–Trinajstić information content (AvgIpc) is 2.93. The molecule has 1 aliphatic rings. The molecule has 110 valence electrons. The van der Waals surface area contributed by atoms with E-state index in [1.807, 2.05) is 26.0 Å². The Kier molecular flexibility index (Phi) is 3.49. The van der Waals surface area contributed by atoms with E-state index in [1.54, 1.807) is 0 Å². The second-order valence-corrected chi connectivity index (χ2v) is 5.82. The van der Waals surface area contributed by atoms with E-state index in [4.69, 9.17) is 0 Å². The Morgan fingerprint density at radius 3 is 2.62 bits per heavy atom. The number of fused-ring (bicyclic) bond motifs is 1. The van der Waals surface area contributed by atoms with Gasteiger partial charge in [0, 0.05) is 6.04 Å². The van der Waals surface area contributed by atoms with Gasteiger partial charge in [-0.15, -0.1) is 0 Å². The second kappa shape index (κ2) is 5.31. The summed E-state index contributed by atoms with van der Waals surface area (Å²) in [5.41, 5.74) is 3.01. The largest absolute Gasteiger partial charge is 0.348 e. The predicted molar refractivity (Wildman–Crippen MR) is 81.6 cm³/mol. The highest BCUT2D eigenvalue weighted by Crippen LogP contribution is 2.18. The molecule has 0 bridgehead atoms. The fourth-order valence-electron chi connectivity index (χ4n) is 2.82. The summed E-state index contributed by atoms with van der Waals surface area (Å²) < 4.78 is 0. The van der Waals surface area contributed by atoms with E-state index in [2.05, 4.69) is 15.3 Å². The molecule has 3 rings (SSSR count). The van der Waals surface area contributed by atoms with Crippen molar-refractivity contribution in [3.05, 3.63) is 39.3 Å². The molecule has 0 radical (unpaired) electrons. The van der Waals surface area contributed by atoms with Crippen molar-refractivity contribution in [2.45, 2.75) is 45.6 Å². The molecular weight excluding hydrogens is 266 g/mol. The van der Waals surface area contributed by atoms with Crippen molar-refractivity contribution in [2.24, 2.45) is 0 Å². The first-order chi connectivity index (χ1) is 10.0. The van der Waals surface area contributed by atoms with Gasteiger partial charge in [-0.25, -0.2) is 4.98 Å². The Bertz CT molecular complexity index is 758. The fraction of sp³-hybridized carbons (Fsp3) is 0.438. The molecule has 1 aliphatic carbocycles. The molecule has 2 N–H and O–H groups in total. The van der Waals surface area contributed by atoms with E-state index in [0.717, 1.165) is 36.8 Å². The summed E-state index contributed by atoms with van der Waals surface area (Å²) in [6, 6.07) is 3.96. The normalized spacial score (nSPS) is 15.5. The molecule has 0 unspecified atom stereocenters. The highest BCUT2D eigenvalue weighted by atomic mass is 16.2. The molecule has 5 heteroatoms. The quantitative estimate of drug-likeness (QED) is 0.888. The van der Waals surface area contributed by atoms with Gasteiger partial charge in [0.15, 0.2) is 5.69 Å². The Labute approximate surface area is 122 Å². The van der Waals surface area contributed by atoms with Gasteiger partial charge in [0.1, 0.15) is 0 Å². The van der Waals surface area contributed by atoms with Crippen LogP contribution in [0.1, 0.15) is 47.3 Å². The van der Waals surface area contributed by atoms with Crippen LogP contribution < -0.4 is 10.9 Å². The first-order valence-electron chi connectivity index (χ1n) is 7.37. The van der Waals surface area contributed by atoms with Crippen molar-refractivity contribution in [1.29, 1.82) is 0 Å². The lowest BCUT2D eigenvalue weighted by Crippen LogP contribution is -2.36. The summed E-state index contributed by atoms with van der Waals surface area (Å²) in [7, 11) is 0. The lowest BCUT2D eigenvalue weighted by molar-refractivity contribution is 0.0931. The highest BCUT2D eigenvalue weighted by molar-refractivity contribution is 5.94. The maximum absolute atomic E-state index is 12.2. The second-order valence-electron chi connectivity index (χ2n) is 5.82. The van der Waals surface area contributed by atoms with Crippen molar-refractivity contribution in [3.63, 3.8) is 0 Å². The monoisotopic (exact) mass is 285 g/mol. The predicted octanol–water partition coefficient (Wildman–Crippen LogP) is 2.21. The van der Waals surface area contributed by atoms with Gasteiger partial charge in [-0.1, -0.05) is 12.8 Å². The number of hydrogen-bond donors (Lipinski definition) is 2. The van der Waals surface area contributed by atoms with Crippen LogP contribution in [-0.2, 0) is 0 Å². The molecule has 0 aliphatic heterocycles. The minimum atomic E-state index is -0.429. The maximum atomic E-state index is 12.2. The SMILES string of the molecule is Cc1cc2nc(C(=O)NC3CCCC3)c(=O)[nH]c2cc1C. The summed E-state index contributed by atoms with van der Waals surface area (Å²) in [6.07, 6.45) is 4.22. The topological polar surface area (TPSA) is 74.8 Å². The third-order valence-electron chi connectivity index (χ3n) is 4.21. The smallest absolute Gasteiger partial charge is 0.280 e. The Hall–Kier alpha value is -2.17. The Morgan fingerprint density at radius 1 is 1.24 bits per heavy atom. The van der Waals surface area contributed by atoms with Crippen molar-refractivity contribution in [1.82, 2.24) is 15.3 Å². The molecule has 1 saturated carbocycles. The maximum Gasteiger partial charge on any atom is 0.280 e. The number of carbonyl (C=O) groups excluding carboxylic acids is 1. The van der Waals surface area contributed by atoms with Crippen LogP contribution in [-0.4, -0.2) is 21.9 Å². The van der Waals surface area contributed by atoms with E-state index in [9.17, 15) is 9.59 Å². The minimum Gasteiger partial charge on any atom is -0.348 e. The molecule has 0 atom stereocenters. The number of nitrogens with one attached hydrogen (secondary N) is 2. The van der Waals surface area contributed by atoms with Crippen LogP contribution in [0, 0.1) is 13.8 Å². The molecular formula is C16H19N3O2. The molecule has 0 spiro atoms. The lowest BCUT2D eigenvalue weighted by atomic mass is 10.1. The lowest BCUT2D eigenvalue weighted by Gasteiger charge is -2.11. The summed E-state index contributed by atoms with van der Waals surface area (Å²) in [5, 5.41) is 2.91. The van der Waals surface area contributed by atoms with Crippen molar-refractivity contribution in [3.8, 4) is 0 Å². The summed E-state index contributed by atoms with van der Waals surface area (Å²) in [6.45, 7) is 3.97. The number of benzene rings is 1. The molecule has 1 heterocycles. The van der Waals surface area contributed by atoms with E-state index in [0.29, 0.717) is 11.0 Å². The molecule has 1 aromatic heterocycles. The number of nitrogens with zero attached hydrogens (tertiary/aromatic N) is 1. The molecule has 1 amide bonds. The van der Waals surface area contributed by atoms with Gasteiger partial charge in [-0.3, -0.25) is 9.59 Å². The molecule has 2 aromatic rings. The van der Waals surface area contributed by atoms with Gasteiger partial charge in [0.2, 0.25) is 0 Å². The summed E-state index contributed by atoms with van der Waals surface area (Å²) >= 11 is 0. The number of rotatable bonds is 2. The van der Waals surface area contributed by atoms with Gasteiger partial charge >= 0.3 is 0 Å². The van der Waals surface area contributed by atoms with E-state index >= 15 is 0 Å². The number of amides is 1. The minimum absolute atomic E-state index is 0.0438. The van der Waals surface area contributed by atoms with E-state index < -0.39 is 5.56 Å². The molecule has 1 fully saturated rings. The fourth-order valence-corrected chi connectivity index (χ4v) is 2.82. The van der Waals surface area contributed by atoms with Gasteiger partial charge in [0.25, 0.3) is 11.5 Å². The van der Waals surface area contributed by atoms with Gasteiger partial charge in [0.05, 0.1) is 11.0 Å². The van der Waals surface area contributed by atoms with E-state index in [1.165, 1.54) is 0 Å². The van der Waals surface area contributed by atoms with Crippen molar-refractivity contribution < 1.29 is 4.79 Å². The zero-order valence-corrected chi connectivity index (χ0v) is 12.3. The number of aromatic amines is 1. The highest BCUT2D eigenvalue weighted by Gasteiger charge is 2.21. The van der Waals surface area contributed by atoms with E-state index in [-0.39, 0.29) is 17.6 Å². The first-order valence-corrected chi connectivity index (χ1v) is 7.37. The zero-order chi connectivity index (χ0) is 15.0. The number of carbonyl (C=O) groups is 1. The van der Waals surface area contributed by atoms with Gasteiger partial charge in [-0.2, -0.15) is 0 Å². The number of aromatic nitrogens is 2.